The van der Waals surface area contributed by atoms with Crippen LogP contribution in [-0.2, 0) is 20.8 Å². The van der Waals surface area contributed by atoms with Crippen molar-refractivity contribution in [2.75, 3.05) is 5.75 Å². The van der Waals surface area contributed by atoms with Crippen LogP contribution in [0.25, 0.3) is 0 Å². The van der Waals surface area contributed by atoms with Gasteiger partial charge in [-0.25, -0.2) is 0 Å². The lowest BCUT2D eigenvalue weighted by molar-refractivity contribution is -0.129. The molecule has 2 amide bonds. The molecule has 0 aliphatic carbocycles. The molecule has 0 saturated heterocycles. The van der Waals surface area contributed by atoms with Crippen LogP contribution in [0.2, 0.25) is 1.41 Å². The second-order valence-electron chi connectivity index (χ2n) is 5.07. The smallest absolute Gasteiger partial charge is 0.244 e. The fraction of sp³-hybridized carbons (Fsp3) is 0.400. The minimum absolute atomic E-state index is 0.0303. The number of aldehydes is 1. The van der Waals surface area contributed by atoms with Crippen LogP contribution in [0.1, 0.15) is 12.5 Å². The number of phenols is 1. The predicted octanol–water partition coefficient (Wildman–Crippen LogP) is -0.620. The molecule has 1 aromatic rings. The molecular formula is C15H21N3O4S. The van der Waals surface area contributed by atoms with Crippen molar-refractivity contribution in [3.05, 3.63) is 29.8 Å². The summed E-state index contributed by atoms with van der Waals surface area (Å²) < 4.78 is 7.90. The Bertz CT molecular complexity index is 583. The van der Waals surface area contributed by atoms with Crippen LogP contribution in [0.4, 0.5) is 0 Å². The van der Waals surface area contributed by atoms with E-state index < -0.39 is 29.9 Å². The van der Waals surface area contributed by atoms with Gasteiger partial charge in [0.2, 0.25) is 11.8 Å². The lowest BCUT2D eigenvalue weighted by atomic mass is 10.1. The van der Waals surface area contributed by atoms with Gasteiger partial charge in [-0.05, 0) is 31.0 Å². The monoisotopic (exact) mass is 340 g/mol. The number of rotatable bonds is 8. The fourth-order valence-corrected chi connectivity index (χ4v) is 1.99. The molecule has 1 rings (SSSR count). The molecule has 0 aromatic heterocycles. The first-order valence-electron chi connectivity index (χ1n) is 7.46. The van der Waals surface area contributed by atoms with E-state index in [4.69, 9.17) is 7.15 Å². The Labute approximate surface area is 141 Å². The van der Waals surface area contributed by atoms with Crippen molar-refractivity contribution in [3.8, 4) is 5.75 Å². The lowest BCUT2D eigenvalue weighted by Crippen LogP contribution is -2.54. The van der Waals surface area contributed by atoms with Crippen molar-refractivity contribution >= 4 is 30.7 Å². The molecule has 1 aromatic carbocycles. The molecule has 7 nitrogen and oxygen atoms in total. The van der Waals surface area contributed by atoms with Gasteiger partial charge in [-0.3, -0.25) is 9.59 Å². The summed E-state index contributed by atoms with van der Waals surface area (Å²) in [6.07, 6.45) is 0.597. The van der Waals surface area contributed by atoms with Gasteiger partial charge in [0.15, 0.2) is 1.41 Å². The Morgan fingerprint density at radius 1 is 1.39 bits per heavy atom. The van der Waals surface area contributed by atoms with Gasteiger partial charge in [0.25, 0.3) is 0 Å². The van der Waals surface area contributed by atoms with E-state index in [1.165, 1.54) is 19.1 Å². The molecule has 5 N–H and O–H groups in total. The van der Waals surface area contributed by atoms with Crippen LogP contribution in [0.15, 0.2) is 24.3 Å². The third-order valence-corrected chi connectivity index (χ3v) is 3.41. The highest BCUT2D eigenvalue weighted by atomic mass is 32.1. The van der Waals surface area contributed by atoms with Gasteiger partial charge in [-0.2, -0.15) is 12.6 Å². The third kappa shape index (κ3) is 6.29. The second-order valence-corrected chi connectivity index (χ2v) is 5.44. The number of phenolic OH excluding ortho intramolecular Hbond substituents is 1. The van der Waals surface area contributed by atoms with E-state index in [-0.39, 0.29) is 17.9 Å². The minimum atomic E-state index is -1.05. The number of thiol groups is 1. The lowest BCUT2D eigenvalue weighted by Gasteiger charge is -2.20. The van der Waals surface area contributed by atoms with E-state index in [0.29, 0.717) is 17.2 Å². The van der Waals surface area contributed by atoms with E-state index in [1.54, 1.807) is 12.1 Å². The zero-order chi connectivity index (χ0) is 18.3. The topological polar surface area (TPSA) is 122 Å². The van der Waals surface area contributed by atoms with Gasteiger partial charge >= 0.3 is 0 Å². The van der Waals surface area contributed by atoms with Crippen molar-refractivity contribution in [2.24, 2.45) is 5.73 Å². The van der Waals surface area contributed by atoms with Crippen LogP contribution >= 0.6 is 12.6 Å². The minimum Gasteiger partial charge on any atom is -0.508 e. The van der Waals surface area contributed by atoms with Crippen molar-refractivity contribution in [3.63, 3.8) is 0 Å². The van der Waals surface area contributed by atoms with E-state index in [2.05, 4.69) is 17.9 Å². The Hall–Kier alpha value is -2.06. The number of carbonyl (C=O) groups excluding carboxylic acids is 3. The van der Waals surface area contributed by atoms with E-state index >= 15 is 0 Å². The Morgan fingerprint density at radius 2 is 2.00 bits per heavy atom. The normalized spacial score (nSPS) is 15.0. The Balaban J connectivity index is 2.80. The highest BCUT2D eigenvalue weighted by Gasteiger charge is 2.23. The summed E-state index contributed by atoms with van der Waals surface area (Å²) in [5.41, 5.74) is 6.11. The van der Waals surface area contributed by atoms with Gasteiger partial charge in [-0.1, -0.05) is 12.1 Å². The molecule has 0 bridgehead atoms. The molecule has 0 radical (unpaired) electrons. The summed E-state index contributed by atoms with van der Waals surface area (Å²) in [7, 11) is 0. The van der Waals surface area contributed by atoms with Gasteiger partial charge in [0, 0.05) is 5.75 Å². The molecule has 0 spiro atoms. The number of amides is 2. The maximum absolute atomic E-state index is 12.3. The largest absolute Gasteiger partial charge is 0.508 e. The van der Waals surface area contributed by atoms with Gasteiger partial charge in [-0.15, -0.1) is 0 Å². The molecule has 0 aliphatic rings. The SMILES string of the molecule is [2H]N(C(=O)[C@H](CS)NC(=O)[C@H](C)N)[C@H](C=O)Cc1ccc(O)cc1. The maximum Gasteiger partial charge on any atom is 0.244 e. The molecule has 0 unspecified atom stereocenters. The van der Waals surface area contributed by atoms with E-state index in [0.717, 1.165) is 0 Å². The first-order chi connectivity index (χ1) is 11.3. The standard InChI is InChI=1S/C15H21N3O4S/c1-9(16)14(21)18-13(8-23)15(22)17-11(7-19)6-10-2-4-12(20)5-3-10/h2-5,7,9,11,13,20,23H,6,8,16H2,1H3,(H,17,22)(H,18,21)/t9-,11-,13-/m0/s1/i/hD. The summed E-state index contributed by atoms with van der Waals surface area (Å²) in [4.78, 5) is 35.2. The first-order valence-corrected chi connectivity index (χ1v) is 7.65. The number of nitrogens with one attached hydrogen (secondary N) is 2. The first kappa shape index (κ1) is 17.3. The highest BCUT2D eigenvalue weighted by molar-refractivity contribution is 7.80. The molecule has 0 heterocycles. The number of hydrogen-bond acceptors (Lipinski definition) is 6. The summed E-state index contributed by atoms with van der Waals surface area (Å²) in [6, 6.07) is 3.21. The van der Waals surface area contributed by atoms with Crippen molar-refractivity contribution < 1.29 is 20.9 Å². The molecule has 0 fully saturated rings. The number of hydrogen-bond donors (Lipinski definition) is 5. The van der Waals surface area contributed by atoms with Crippen LogP contribution in [-0.4, -0.2) is 47.1 Å². The van der Waals surface area contributed by atoms with Crippen LogP contribution in [0.3, 0.4) is 0 Å². The second kappa shape index (κ2) is 9.16. The Kier molecular flexibility index (Phi) is 6.89. The molecule has 8 heteroatoms. The van der Waals surface area contributed by atoms with Crippen LogP contribution in [0, 0.1) is 0 Å². The van der Waals surface area contributed by atoms with Crippen molar-refractivity contribution in [1.82, 2.24) is 10.6 Å². The molecule has 126 valence electrons. The van der Waals surface area contributed by atoms with E-state index in [9.17, 15) is 19.5 Å². The number of aromatic hydroxyl groups is 1. The Morgan fingerprint density at radius 3 is 2.48 bits per heavy atom. The van der Waals surface area contributed by atoms with Gasteiger partial charge in [0.05, 0.1) is 12.1 Å². The van der Waals surface area contributed by atoms with Gasteiger partial charge in [0.1, 0.15) is 18.1 Å². The maximum atomic E-state index is 12.3. The number of benzene rings is 1. The van der Waals surface area contributed by atoms with Crippen LogP contribution < -0.4 is 16.4 Å². The number of carbonyl (C=O) groups is 3. The third-order valence-electron chi connectivity index (χ3n) is 3.04. The average molecular weight is 340 g/mol. The van der Waals surface area contributed by atoms with Crippen LogP contribution in [0.5, 0.6) is 5.75 Å². The molecule has 3 atom stereocenters. The van der Waals surface area contributed by atoms with Gasteiger partial charge < -0.3 is 26.3 Å². The summed E-state index contributed by atoms with van der Waals surface area (Å²) in [5, 5.41) is 12.2. The summed E-state index contributed by atoms with van der Waals surface area (Å²) >= 11 is 4.00. The fourth-order valence-electron chi connectivity index (χ4n) is 1.74. The number of nitrogens with two attached hydrogens (primary N) is 1. The highest BCUT2D eigenvalue weighted by Crippen LogP contribution is 2.11. The quantitative estimate of drug-likeness (QED) is 0.319. The molecule has 0 saturated carbocycles. The van der Waals surface area contributed by atoms with Crippen molar-refractivity contribution in [2.45, 2.75) is 31.5 Å². The predicted molar refractivity (Wildman–Crippen MR) is 89.2 cm³/mol. The van der Waals surface area contributed by atoms with E-state index in [1.807, 2.05) is 0 Å². The molecular weight excluding hydrogens is 318 g/mol. The summed E-state index contributed by atoms with van der Waals surface area (Å²) in [6.45, 7) is 1.47. The van der Waals surface area contributed by atoms with Crippen molar-refractivity contribution in [1.29, 1.82) is 0 Å². The zero-order valence-electron chi connectivity index (χ0n) is 13.7. The molecule has 0 aliphatic heterocycles. The zero-order valence-corrected chi connectivity index (χ0v) is 13.6. The summed E-state index contributed by atoms with van der Waals surface area (Å²) in [5.74, 6) is -1.25. The average Bonchev–Trinajstić information content (AvgIpc) is 2.57. The molecule has 23 heavy (non-hydrogen) atoms.